The molecule has 0 spiro atoms. The molecule has 1 aliphatic heterocycles. The Morgan fingerprint density at radius 1 is 1.38 bits per heavy atom. The largest absolute Gasteiger partial charge is 0.487 e. The minimum Gasteiger partial charge on any atom is -0.487 e. The van der Waals surface area contributed by atoms with E-state index in [0.29, 0.717) is 19.0 Å². The van der Waals surface area contributed by atoms with Gasteiger partial charge in [-0.25, -0.2) is 0 Å². The Labute approximate surface area is 127 Å². The van der Waals surface area contributed by atoms with Crippen molar-refractivity contribution in [2.75, 3.05) is 13.1 Å². The SMILES string of the molecule is CC(C)CNC(=O)CNCc1ccc2c(c1)CC(C)(C)O2. The van der Waals surface area contributed by atoms with Crippen molar-refractivity contribution in [1.82, 2.24) is 10.6 Å². The third-order valence-corrected chi connectivity index (χ3v) is 3.45. The van der Waals surface area contributed by atoms with Crippen molar-refractivity contribution in [1.29, 1.82) is 0 Å². The van der Waals surface area contributed by atoms with Gasteiger partial charge in [0.15, 0.2) is 0 Å². The molecule has 1 heterocycles. The van der Waals surface area contributed by atoms with Crippen LogP contribution in [-0.4, -0.2) is 24.6 Å². The first-order valence-corrected chi connectivity index (χ1v) is 7.64. The summed E-state index contributed by atoms with van der Waals surface area (Å²) in [4.78, 5) is 11.6. The van der Waals surface area contributed by atoms with Crippen LogP contribution in [0.25, 0.3) is 0 Å². The van der Waals surface area contributed by atoms with Crippen molar-refractivity contribution < 1.29 is 9.53 Å². The number of benzene rings is 1. The van der Waals surface area contributed by atoms with E-state index in [2.05, 4.69) is 50.5 Å². The van der Waals surface area contributed by atoms with Crippen LogP contribution >= 0.6 is 0 Å². The van der Waals surface area contributed by atoms with Crippen LogP contribution in [0.5, 0.6) is 5.75 Å². The summed E-state index contributed by atoms with van der Waals surface area (Å²) in [5, 5.41) is 6.08. The standard InChI is InChI=1S/C17H26N2O2/c1-12(2)9-19-16(20)11-18-10-13-5-6-15-14(7-13)8-17(3,4)21-15/h5-7,12,18H,8-11H2,1-4H3,(H,19,20). The van der Waals surface area contributed by atoms with Crippen molar-refractivity contribution >= 4 is 5.91 Å². The molecule has 4 heteroatoms. The van der Waals surface area contributed by atoms with Gasteiger partial charge in [0.25, 0.3) is 0 Å². The van der Waals surface area contributed by atoms with Crippen LogP contribution in [0, 0.1) is 5.92 Å². The molecule has 4 nitrogen and oxygen atoms in total. The number of ether oxygens (including phenoxy) is 1. The van der Waals surface area contributed by atoms with Gasteiger partial charge in [-0.05, 0) is 37.0 Å². The summed E-state index contributed by atoms with van der Waals surface area (Å²) in [6, 6.07) is 6.25. The molecule has 0 aliphatic carbocycles. The molecule has 0 bridgehead atoms. The van der Waals surface area contributed by atoms with Gasteiger partial charge in [-0.2, -0.15) is 0 Å². The van der Waals surface area contributed by atoms with Crippen LogP contribution in [0.4, 0.5) is 0 Å². The fourth-order valence-electron chi connectivity index (χ4n) is 2.47. The summed E-state index contributed by atoms with van der Waals surface area (Å²) in [5.74, 6) is 1.52. The lowest BCUT2D eigenvalue weighted by Gasteiger charge is -2.16. The number of hydrogen-bond donors (Lipinski definition) is 2. The molecule has 1 aliphatic rings. The summed E-state index contributed by atoms with van der Waals surface area (Å²) in [7, 11) is 0. The average Bonchev–Trinajstić information content (AvgIpc) is 2.69. The van der Waals surface area contributed by atoms with E-state index in [1.54, 1.807) is 0 Å². The van der Waals surface area contributed by atoms with Crippen molar-refractivity contribution in [3.05, 3.63) is 29.3 Å². The molecule has 2 rings (SSSR count). The smallest absolute Gasteiger partial charge is 0.233 e. The number of carbonyl (C=O) groups excluding carboxylic acids is 1. The summed E-state index contributed by atoms with van der Waals surface area (Å²) < 4.78 is 5.86. The number of fused-ring (bicyclic) bond motifs is 1. The summed E-state index contributed by atoms with van der Waals surface area (Å²) in [6.45, 7) is 10.2. The van der Waals surface area contributed by atoms with Crippen LogP contribution in [0.15, 0.2) is 18.2 Å². The third kappa shape index (κ3) is 4.74. The van der Waals surface area contributed by atoms with E-state index in [4.69, 9.17) is 4.74 Å². The van der Waals surface area contributed by atoms with E-state index in [9.17, 15) is 4.79 Å². The van der Waals surface area contributed by atoms with Crippen LogP contribution in [0.1, 0.15) is 38.8 Å². The van der Waals surface area contributed by atoms with Crippen LogP contribution < -0.4 is 15.4 Å². The van der Waals surface area contributed by atoms with Crippen LogP contribution in [0.2, 0.25) is 0 Å². The van der Waals surface area contributed by atoms with Crippen molar-refractivity contribution in [2.24, 2.45) is 5.92 Å². The zero-order chi connectivity index (χ0) is 15.5. The first-order chi connectivity index (χ1) is 9.85. The Morgan fingerprint density at radius 3 is 2.86 bits per heavy atom. The average molecular weight is 290 g/mol. The van der Waals surface area contributed by atoms with Gasteiger partial charge in [-0.3, -0.25) is 4.79 Å². The quantitative estimate of drug-likeness (QED) is 0.845. The van der Waals surface area contributed by atoms with Gasteiger partial charge in [0.05, 0.1) is 6.54 Å². The zero-order valence-electron chi connectivity index (χ0n) is 13.5. The molecular formula is C17H26N2O2. The maximum Gasteiger partial charge on any atom is 0.233 e. The topological polar surface area (TPSA) is 50.4 Å². The summed E-state index contributed by atoms with van der Waals surface area (Å²) in [6.07, 6.45) is 0.936. The molecule has 0 saturated heterocycles. The molecular weight excluding hydrogens is 264 g/mol. The number of nitrogens with one attached hydrogen (secondary N) is 2. The van der Waals surface area contributed by atoms with Crippen molar-refractivity contribution in [3.63, 3.8) is 0 Å². The second kappa shape index (κ2) is 6.48. The number of rotatable bonds is 6. The van der Waals surface area contributed by atoms with E-state index < -0.39 is 0 Å². The lowest BCUT2D eigenvalue weighted by Crippen LogP contribution is -2.35. The molecule has 0 atom stereocenters. The predicted octanol–water partition coefficient (Wildman–Crippen LogP) is 2.26. The predicted molar refractivity (Wildman–Crippen MR) is 84.4 cm³/mol. The zero-order valence-corrected chi connectivity index (χ0v) is 13.5. The molecule has 1 aromatic carbocycles. The van der Waals surface area contributed by atoms with Gasteiger partial charge in [0.1, 0.15) is 11.4 Å². The summed E-state index contributed by atoms with van der Waals surface area (Å²) in [5.41, 5.74) is 2.33. The molecule has 0 radical (unpaired) electrons. The molecule has 1 aromatic rings. The molecule has 0 saturated carbocycles. The minimum atomic E-state index is -0.106. The molecule has 2 N–H and O–H groups in total. The molecule has 0 fully saturated rings. The lowest BCUT2D eigenvalue weighted by molar-refractivity contribution is -0.120. The van der Waals surface area contributed by atoms with Crippen molar-refractivity contribution in [2.45, 2.75) is 46.3 Å². The number of hydrogen-bond acceptors (Lipinski definition) is 3. The van der Waals surface area contributed by atoms with E-state index in [1.807, 2.05) is 6.07 Å². The Hall–Kier alpha value is -1.55. The molecule has 1 amide bonds. The Bertz CT molecular complexity index is 510. The normalized spacial score (nSPS) is 15.7. The van der Waals surface area contributed by atoms with Gasteiger partial charge in [0.2, 0.25) is 5.91 Å². The fraction of sp³-hybridized carbons (Fsp3) is 0.588. The highest BCUT2D eigenvalue weighted by Crippen LogP contribution is 2.35. The lowest BCUT2D eigenvalue weighted by atomic mass is 10.0. The maximum atomic E-state index is 11.6. The molecule has 116 valence electrons. The van der Waals surface area contributed by atoms with Gasteiger partial charge in [-0.15, -0.1) is 0 Å². The Balaban J connectivity index is 1.79. The highest BCUT2D eigenvalue weighted by Gasteiger charge is 2.29. The molecule has 0 aromatic heterocycles. The van der Waals surface area contributed by atoms with Gasteiger partial charge in [-0.1, -0.05) is 26.0 Å². The summed E-state index contributed by atoms with van der Waals surface area (Å²) >= 11 is 0. The van der Waals surface area contributed by atoms with Gasteiger partial charge >= 0.3 is 0 Å². The first kappa shape index (κ1) is 15.8. The Morgan fingerprint density at radius 2 is 2.14 bits per heavy atom. The van der Waals surface area contributed by atoms with E-state index in [-0.39, 0.29) is 11.5 Å². The van der Waals surface area contributed by atoms with Gasteiger partial charge < -0.3 is 15.4 Å². The Kier molecular flexibility index (Phi) is 4.88. The molecule has 0 unspecified atom stereocenters. The molecule has 21 heavy (non-hydrogen) atoms. The monoisotopic (exact) mass is 290 g/mol. The van der Waals surface area contributed by atoms with Gasteiger partial charge in [0, 0.05) is 19.5 Å². The highest BCUT2D eigenvalue weighted by molar-refractivity contribution is 5.77. The van der Waals surface area contributed by atoms with E-state index in [0.717, 1.165) is 18.7 Å². The van der Waals surface area contributed by atoms with E-state index >= 15 is 0 Å². The van der Waals surface area contributed by atoms with E-state index in [1.165, 1.54) is 11.1 Å². The maximum absolute atomic E-state index is 11.6. The van der Waals surface area contributed by atoms with Crippen LogP contribution in [0.3, 0.4) is 0 Å². The second-order valence-electron chi connectivity index (χ2n) is 6.78. The van der Waals surface area contributed by atoms with Crippen molar-refractivity contribution in [3.8, 4) is 5.75 Å². The number of amides is 1. The number of carbonyl (C=O) groups is 1. The minimum absolute atomic E-state index is 0.0503. The third-order valence-electron chi connectivity index (χ3n) is 3.45. The highest BCUT2D eigenvalue weighted by atomic mass is 16.5. The van der Waals surface area contributed by atoms with Crippen LogP contribution in [-0.2, 0) is 17.8 Å². The first-order valence-electron chi connectivity index (χ1n) is 7.64. The second-order valence-corrected chi connectivity index (χ2v) is 6.78. The fourth-order valence-corrected chi connectivity index (χ4v) is 2.47.